The summed E-state index contributed by atoms with van der Waals surface area (Å²) in [5.41, 5.74) is 10.0. The van der Waals surface area contributed by atoms with Crippen LogP contribution in [-0.4, -0.2) is 41.2 Å². The topological polar surface area (TPSA) is 76.4 Å². The standard InChI is InChI=1S/C23H25N5O2/c29-23-6-5-20(14-25-23)26-28-16-19(13-21-22(28)7-8-24-21)18-3-1-17(2-4-18)15-27-9-11-30-12-10-27/h1-8,14,16,24,26H,9-13,15H2,(H,25,29). The summed E-state index contributed by atoms with van der Waals surface area (Å²) in [7, 11) is 0. The molecule has 0 atom stereocenters. The van der Waals surface area contributed by atoms with Gasteiger partial charge in [-0.2, -0.15) is 0 Å². The minimum absolute atomic E-state index is 0.116. The number of nitrogens with zero attached hydrogens (tertiary/aromatic N) is 2. The number of anilines is 2. The van der Waals surface area contributed by atoms with Crippen LogP contribution in [0.3, 0.4) is 0 Å². The fourth-order valence-corrected chi connectivity index (χ4v) is 3.95. The molecular formula is C23H25N5O2. The molecule has 3 N–H and O–H groups in total. The Morgan fingerprint density at radius 1 is 1.00 bits per heavy atom. The highest BCUT2D eigenvalue weighted by atomic mass is 16.5. The van der Waals surface area contributed by atoms with Crippen molar-refractivity contribution < 1.29 is 4.74 Å². The minimum Gasteiger partial charge on any atom is -0.379 e. The Kier molecular flexibility index (Phi) is 5.13. The molecule has 7 heteroatoms. The van der Waals surface area contributed by atoms with Gasteiger partial charge >= 0.3 is 0 Å². The van der Waals surface area contributed by atoms with Crippen LogP contribution in [0.5, 0.6) is 0 Å². The lowest BCUT2D eigenvalue weighted by Crippen LogP contribution is -2.35. The number of hydrogen-bond acceptors (Lipinski definition) is 5. The van der Waals surface area contributed by atoms with Gasteiger partial charge in [-0.25, -0.2) is 0 Å². The number of ether oxygens (including phenoxy) is 1. The van der Waals surface area contributed by atoms with E-state index in [0.717, 1.165) is 56.3 Å². The molecule has 3 aromatic rings. The van der Waals surface area contributed by atoms with Crippen LogP contribution in [0.2, 0.25) is 0 Å². The number of benzene rings is 1. The van der Waals surface area contributed by atoms with Crippen molar-refractivity contribution in [1.82, 2.24) is 14.9 Å². The first-order chi connectivity index (χ1) is 14.7. The lowest BCUT2D eigenvalue weighted by atomic mass is 9.98. The average molecular weight is 403 g/mol. The molecule has 154 valence electrons. The van der Waals surface area contributed by atoms with Gasteiger partial charge in [0.25, 0.3) is 0 Å². The fourth-order valence-electron chi connectivity index (χ4n) is 3.95. The van der Waals surface area contributed by atoms with Crippen LogP contribution >= 0.6 is 0 Å². The van der Waals surface area contributed by atoms with Gasteiger partial charge in [0.15, 0.2) is 0 Å². The minimum atomic E-state index is -0.116. The number of aromatic amines is 2. The maximum atomic E-state index is 11.3. The second kappa shape index (κ2) is 8.22. The maximum Gasteiger partial charge on any atom is 0.248 e. The van der Waals surface area contributed by atoms with Gasteiger partial charge in [0, 0.05) is 56.4 Å². The average Bonchev–Trinajstić information content (AvgIpc) is 3.26. The number of allylic oxidation sites excluding steroid dienone is 1. The van der Waals surface area contributed by atoms with Crippen LogP contribution in [0, 0.1) is 0 Å². The molecule has 0 bridgehead atoms. The number of rotatable bonds is 5. The molecule has 0 unspecified atom stereocenters. The lowest BCUT2D eigenvalue weighted by molar-refractivity contribution is 0.0342. The summed E-state index contributed by atoms with van der Waals surface area (Å²) in [4.78, 5) is 19.8. The second-order valence-electron chi connectivity index (χ2n) is 7.68. The second-order valence-corrected chi connectivity index (χ2v) is 7.68. The summed E-state index contributed by atoms with van der Waals surface area (Å²) in [6.07, 6.45) is 6.60. The third-order valence-corrected chi connectivity index (χ3v) is 5.59. The zero-order chi connectivity index (χ0) is 20.3. The van der Waals surface area contributed by atoms with Crippen molar-refractivity contribution in [3.63, 3.8) is 0 Å². The third kappa shape index (κ3) is 4.03. The van der Waals surface area contributed by atoms with Crippen LogP contribution in [-0.2, 0) is 17.7 Å². The quantitative estimate of drug-likeness (QED) is 0.611. The van der Waals surface area contributed by atoms with Gasteiger partial charge in [0.05, 0.1) is 24.6 Å². The molecule has 0 aliphatic carbocycles. The van der Waals surface area contributed by atoms with Crippen molar-refractivity contribution in [2.75, 3.05) is 36.7 Å². The van der Waals surface area contributed by atoms with Crippen LogP contribution in [0.1, 0.15) is 16.8 Å². The molecular weight excluding hydrogens is 378 g/mol. The van der Waals surface area contributed by atoms with Crippen molar-refractivity contribution in [2.24, 2.45) is 0 Å². The first kappa shape index (κ1) is 18.7. The Morgan fingerprint density at radius 3 is 2.60 bits per heavy atom. The van der Waals surface area contributed by atoms with Crippen molar-refractivity contribution >= 4 is 16.9 Å². The van der Waals surface area contributed by atoms with Gasteiger partial charge in [-0.05, 0) is 28.8 Å². The SMILES string of the molecule is O=c1ccc(NN2C=C(c3ccc(CN4CCOCC4)cc3)Cc3[nH]ccc32)c[nH]1. The van der Waals surface area contributed by atoms with E-state index in [1.54, 1.807) is 12.3 Å². The number of morpholine rings is 1. The smallest absolute Gasteiger partial charge is 0.248 e. The van der Waals surface area contributed by atoms with E-state index in [9.17, 15) is 4.79 Å². The van der Waals surface area contributed by atoms with E-state index >= 15 is 0 Å². The first-order valence-corrected chi connectivity index (χ1v) is 10.3. The van der Waals surface area contributed by atoms with Gasteiger partial charge in [0.1, 0.15) is 0 Å². The Bertz CT molecular complexity index is 1070. The molecule has 0 amide bonds. The van der Waals surface area contributed by atoms with Crippen molar-refractivity contribution in [2.45, 2.75) is 13.0 Å². The molecule has 0 spiro atoms. The summed E-state index contributed by atoms with van der Waals surface area (Å²) in [6.45, 7) is 4.59. The molecule has 1 saturated heterocycles. The van der Waals surface area contributed by atoms with Crippen molar-refractivity contribution in [3.8, 4) is 0 Å². The van der Waals surface area contributed by atoms with Crippen LogP contribution in [0.4, 0.5) is 11.4 Å². The molecule has 1 aromatic carbocycles. The van der Waals surface area contributed by atoms with Crippen molar-refractivity contribution in [1.29, 1.82) is 0 Å². The molecule has 2 aromatic heterocycles. The maximum absolute atomic E-state index is 11.3. The van der Waals surface area contributed by atoms with Crippen molar-refractivity contribution in [3.05, 3.63) is 88.2 Å². The number of hydrazine groups is 1. The molecule has 5 rings (SSSR count). The van der Waals surface area contributed by atoms with E-state index in [2.05, 4.69) is 50.8 Å². The molecule has 2 aliphatic heterocycles. The predicted molar refractivity (Wildman–Crippen MR) is 118 cm³/mol. The molecule has 1 fully saturated rings. The Labute approximate surface area is 175 Å². The molecule has 4 heterocycles. The Hall–Kier alpha value is -3.29. The largest absolute Gasteiger partial charge is 0.379 e. The normalized spacial score (nSPS) is 16.8. The predicted octanol–water partition coefficient (Wildman–Crippen LogP) is 2.97. The number of nitrogens with one attached hydrogen (secondary N) is 3. The van der Waals surface area contributed by atoms with Gasteiger partial charge in [-0.15, -0.1) is 0 Å². The van der Waals surface area contributed by atoms with Gasteiger partial charge < -0.3 is 14.7 Å². The summed E-state index contributed by atoms with van der Waals surface area (Å²) in [5.74, 6) is 0. The molecule has 30 heavy (non-hydrogen) atoms. The number of pyridine rings is 1. The van der Waals surface area contributed by atoms with E-state index in [4.69, 9.17) is 4.74 Å². The molecule has 0 saturated carbocycles. The highest BCUT2D eigenvalue weighted by Gasteiger charge is 2.20. The van der Waals surface area contributed by atoms with Crippen LogP contribution < -0.4 is 16.0 Å². The van der Waals surface area contributed by atoms with E-state index < -0.39 is 0 Å². The number of hydrogen-bond donors (Lipinski definition) is 3. The Morgan fingerprint density at radius 2 is 1.83 bits per heavy atom. The zero-order valence-electron chi connectivity index (χ0n) is 16.7. The summed E-state index contributed by atoms with van der Waals surface area (Å²) in [5, 5.41) is 2.00. The first-order valence-electron chi connectivity index (χ1n) is 10.3. The lowest BCUT2D eigenvalue weighted by Gasteiger charge is -2.28. The monoisotopic (exact) mass is 403 g/mol. The number of H-pyrrole nitrogens is 2. The van der Waals surface area contributed by atoms with Crippen LogP contribution in [0.25, 0.3) is 5.57 Å². The fraction of sp³-hybridized carbons (Fsp3) is 0.261. The van der Waals surface area contributed by atoms with E-state index in [-0.39, 0.29) is 5.56 Å². The summed E-state index contributed by atoms with van der Waals surface area (Å²) < 4.78 is 5.44. The summed E-state index contributed by atoms with van der Waals surface area (Å²) >= 11 is 0. The Balaban J connectivity index is 1.35. The zero-order valence-corrected chi connectivity index (χ0v) is 16.7. The van der Waals surface area contributed by atoms with E-state index in [0.29, 0.717) is 0 Å². The number of fused-ring (bicyclic) bond motifs is 1. The number of aromatic nitrogens is 2. The molecule has 0 radical (unpaired) electrons. The molecule has 7 nitrogen and oxygen atoms in total. The molecule has 2 aliphatic rings. The van der Waals surface area contributed by atoms with Crippen LogP contribution in [0.15, 0.2) is 65.9 Å². The highest BCUT2D eigenvalue weighted by molar-refractivity contribution is 5.78. The van der Waals surface area contributed by atoms with Gasteiger partial charge in [-0.1, -0.05) is 24.3 Å². The van der Waals surface area contributed by atoms with Gasteiger partial charge in [0.2, 0.25) is 5.56 Å². The van der Waals surface area contributed by atoms with E-state index in [1.807, 2.05) is 17.3 Å². The third-order valence-electron chi connectivity index (χ3n) is 5.59. The van der Waals surface area contributed by atoms with Gasteiger partial charge in [-0.3, -0.25) is 20.1 Å². The highest BCUT2D eigenvalue weighted by Crippen LogP contribution is 2.32. The van der Waals surface area contributed by atoms with E-state index in [1.165, 1.54) is 22.8 Å². The summed E-state index contributed by atoms with van der Waals surface area (Å²) in [6, 6.07) is 14.2.